The molecule has 0 radical (unpaired) electrons. The molecule has 1 aliphatic heterocycles. The maximum atomic E-state index is 12.7. The predicted octanol–water partition coefficient (Wildman–Crippen LogP) is 1.09. The Labute approximate surface area is 161 Å². The number of carbonyl (C=O) groups excluding carboxylic acids is 1. The van der Waals surface area contributed by atoms with Gasteiger partial charge in [-0.05, 0) is 24.3 Å². The summed E-state index contributed by atoms with van der Waals surface area (Å²) in [6, 6.07) is 6.09. The Morgan fingerprint density at radius 3 is 2.42 bits per heavy atom. The molecule has 1 aromatic heterocycles. The summed E-state index contributed by atoms with van der Waals surface area (Å²) in [7, 11) is -1.76. The largest absolute Gasteiger partial charge is 0.339 e. The SMILES string of the molecule is Cn1cnnc1SCC(=O)N1CCN(S(=O)(=O)c2ccc(Cl)cc2)CC1. The van der Waals surface area contributed by atoms with Gasteiger partial charge in [-0.1, -0.05) is 23.4 Å². The number of piperazine rings is 1. The van der Waals surface area contributed by atoms with E-state index in [2.05, 4.69) is 10.2 Å². The first-order chi connectivity index (χ1) is 12.4. The minimum Gasteiger partial charge on any atom is -0.339 e. The number of sulfonamides is 1. The Hall–Kier alpha value is -1.62. The van der Waals surface area contributed by atoms with Gasteiger partial charge in [0, 0.05) is 38.2 Å². The Kier molecular flexibility index (Phi) is 5.86. The van der Waals surface area contributed by atoms with Gasteiger partial charge in [-0.15, -0.1) is 10.2 Å². The lowest BCUT2D eigenvalue weighted by Crippen LogP contribution is -2.50. The van der Waals surface area contributed by atoms with E-state index in [1.54, 1.807) is 27.9 Å². The zero-order chi connectivity index (χ0) is 18.7. The van der Waals surface area contributed by atoms with E-state index in [9.17, 15) is 13.2 Å². The number of amides is 1. The quantitative estimate of drug-likeness (QED) is 0.679. The van der Waals surface area contributed by atoms with Gasteiger partial charge in [0.1, 0.15) is 6.33 Å². The molecule has 3 rings (SSSR count). The van der Waals surface area contributed by atoms with E-state index in [1.165, 1.54) is 28.2 Å². The molecule has 140 valence electrons. The number of hydrogen-bond donors (Lipinski definition) is 0. The third-order valence-corrected chi connectivity index (χ3v) is 7.22. The van der Waals surface area contributed by atoms with Crippen LogP contribution in [0.25, 0.3) is 0 Å². The van der Waals surface area contributed by atoms with Crippen LogP contribution in [-0.4, -0.2) is 70.2 Å². The van der Waals surface area contributed by atoms with Crippen LogP contribution in [-0.2, 0) is 21.9 Å². The van der Waals surface area contributed by atoms with E-state index >= 15 is 0 Å². The minimum absolute atomic E-state index is 0.0402. The van der Waals surface area contributed by atoms with E-state index in [4.69, 9.17) is 11.6 Å². The normalized spacial score (nSPS) is 16.0. The van der Waals surface area contributed by atoms with Crippen molar-refractivity contribution in [2.75, 3.05) is 31.9 Å². The Morgan fingerprint density at radius 1 is 1.19 bits per heavy atom. The summed E-state index contributed by atoms with van der Waals surface area (Å²) >= 11 is 7.13. The number of nitrogens with zero attached hydrogens (tertiary/aromatic N) is 5. The molecule has 0 bridgehead atoms. The van der Waals surface area contributed by atoms with Crippen LogP contribution in [0.1, 0.15) is 0 Å². The molecule has 2 aromatic rings. The lowest BCUT2D eigenvalue weighted by atomic mass is 10.3. The monoisotopic (exact) mass is 415 g/mol. The van der Waals surface area contributed by atoms with Crippen molar-refractivity contribution in [1.82, 2.24) is 24.0 Å². The molecule has 1 saturated heterocycles. The summed E-state index contributed by atoms with van der Waals surface area (Å²) in [6.07, 6.45) is 1.58. The zero-order valence-electron chi connectivity index (χ0n) is 14.1. The van der Waals surface area contributed by atoms with Crippen LogP contribution in [0.3, 0.4) is 0 Å². The molecule has 1 fully saturated rings. The minimum atomic E-state index is -3.57. The molecule has 26 heavy (non-hydrogen) atoms. The summed E-state index contributed by atoms with van der Waals surface area (Å²) in [5, 5.41) is 8.85. The van der Waals surface area contributed by atoms with Crippen LogP contribution in [0.4, 0.5) is 0 Å². The summed E-state index contributed by atoms with van der Waals surface area (Å²) < 4.78 is 28.4. The highest BCUT2D eigenvalue weighted by Crippen LogP contribution is 2.20. The fraction of sp³-hybridized carbons (Fsp3) is 0.400. The van der Waals surface area contributed by atoms with Gasteiger partial charge in [0.2, 0.25) is 15.9 Å². The van der Waals surface area contributed by atoms with Gasteiger partial charge in [-0.3, -0.25) is 4.79 Å². The zero-order valence-corrected chi connectivity index (χ0v) is 16.5. The van der Waals surface area contributed by atoms with Crippen molar-refractivity contribution in [2.24, 2.45) is 7.05 Å². The van der Waals surface area contributed by atoms with Gasteiger partial charge in [0.15, 0.2) is 5.16 Å². The van der Waals surface area contributed by atoms with Crippen LogP contribution in [0, 0.1) is 0 Å². The molecule has 1 amide bonds. The topological polar surface area (TPSA) is 88.4 Å². The highest BCUT2D eigenvalue weighted by atomic mass is 35.5. The smallest absolute Gasteiger partial charge is 0.243 e. The number of aryl methyl sites for hydroxylation is 1. The maximum absolute atomic E-state index is 12.7. The predicted molar refractivity (Wildman–Crippen MR) is 98.5 cm³/mol. The van der Waals surface area contributed by atoms with Gasteiger partial charge in [-0.25, -0.2) is 8.42 Å². The lowest BCUT2D eigenvalue weighted by molar-refractivity contribution is -0.129. The second-order valence-corrected chi connectivity index (χ2v) is 9.07. The van der Waals surface area contributed by atoms with Gasteiger partial charge in [0.05, 0.1) is 10.6 Å². The van der Waals surface area contributed by atoms with Crippen molar-refractivity contribution < 1.29 is 13.2 Å². The van der Waals surface area contributed by atoms with Crippen LogP contribution < -0.4 is 0 Å². The maximum Gasteiger partial charge on any atom is 0.243 e. The third kappa shape index (κ3) is 4.20. The summed E-state index contributed by atoms with van der Waals surface area (Å²) in [5.41, 5.74) is 0. The first kappa shape index (κ1) is 19.2. The molecule has 1 aromatic carbocycles. The summed E-state index contributed by atoms with van der Waals surface area (Å²) in [6.45, 7) is 1.27. The van der Waals surface area contributed by atoms with Crippen LogP contribution in [0.15, 0.2) is 40.6 Å². The molecule has 0 aliphatic carbocycles. The first-order valence-corrected chi connectivity index (χ1v) is 10.7. The van der Waals surface area contributed by atoms with Crippen molar-refractivity contribution in [2.45, 2.75) is 10.1 Å². The number of benzene rings is 1. The summed E-state index contributed by atoms with van der Waals surface area (Å²) in [5.74, 6) is 0.206. The Morgan fingerprint density at radius 2 is 1.85 bits per heavy atom. The number of halogens is 1. The molecule has 1 aliphatic rings. The van der Waals surface area contributed by atoms with Crippen LogP contribution in [0.2, 0.25) is 5.02 Å². The van der Waals surface area contributed by atoms with Crippen LogP contribution >= 0.6 is 23.4 Å². The highest BCUT2D eigenvalue weighted by molar-refractivity contribution is 7.99. The van der Waals surface area contributed by atoms with Crippen LogP contribution in [0.5, 0.6) is 0 Å². The second-order valence-electron chi connectivity index (χ2n) is 5.75. The molecular formula is C15H18ClN5O3S2. The van der Waals surface area contributed by atoms with Gasteiger partial charge < -0.3 is 9.47 Å². The molecular weight excluding hydrogens is 398 g/mol. The van der Waals surface area contributed by atoms with E-state index in [1.807, 2.05) is 7.05 Å². The number of hydrogen-bond acceptors (Lipinski definition) is 6. The lowest BCUT2D eigenvalue weighted by Gasteiger charge is -2.34. The first-order valence-electron chi connectivity index (χ1n) is 7.88. The molecule has 0 spiro atoms. The van der Waals surface area contributed by atoms with Crippen molar-refractivity contribution in [3.63, 3.8) is 0 Å². The average Bonchev–Trinajstić information content (AvgIpc) is 3.05. The molecule has 11 heteroatoms. The number of rotatable bonds is 5. The fourth-order valence-electron chi connectivity index (χ4n) is 2.55. The molecule has 0 unspecified atom stereocenters. The van der Waals surface area contributed by atoms with Gasteiger partial charge in [0.25, 0.3) is 0 Å². The number of aromatic nitrogens is 3. The highest BCUT2D eigenvalue weighted by Gasteiger charge is 2.30. The van der Waals surface area contributed by atoms with Gasteiger partial charge >= 0.3 is 0 Å². The van der Waals surface area contributed by atoms with E-state index < -0.39 is 10.0 Å². The van der Waals surface area contributed by atoms with E-state index in [0.29, 0.717) is 23.3 Å². The van der Waals surface area contributed by atoms with Crippen molar-refractivity contribution >= 4 is 39.3 Å². The van der Waals surface area contributed by atoms with E-state index in [-0.39, 0.29) is 29.6 Å². The molecule has 0 N–H and O–H groups in total. The Balaban J connectivity index is 1.55. The third-order valence-electron chi connectivity index (χ3n) is 4.04. The second kappa shape index (κ2) is 7.95. The van der Waals surface area contributed by atoms with E-state index in [0.717, 1.165) is 0 Å². The molecule has 0 atom stereocenters. The van der Waals surface area contributed by atoms with Crippen molar-refractivity contribution in [3.8, 4) is 0 Å². The van der Waals surface area contributed by atoms with Crippen molar-refractivity contribution in [3.05, 3.63) is 35.6 Å². The van der Waals surface area contributed by atoms with Gasteiger partial charge in [-0.2, -0.15) is 4.31 Å². The van der Waals surface area contributed by atoms with Crippen molar-refractivity contribution in [1.29, 1.82) is 0 Å². The Bertz CT molecular complexity index is 877. The number of carbonyl (C=O) groups is 1. The average molecular weight is 416 g/mol. The standard InChI is InChI=1S/C15H18ClN5O3S2/c1-19-11-17-18-15(19)25-10-14(22)20-6-8-21(9-7-20)26(23,24)13-4-2-12(16)3-5-13/h2-5,11H,6-10H2,1H3. The molecule has 0 saturated carbocycles. The number of thioether (sulfide) groups is 1. The summed E-state index contributed by atoms with van der Waals surface area (Å²) in [4.78, 5) is 14.2. The fourth-order valence-corrected chi connectivity index (χ4v) is 4.89. The molecule has 8 nitrogen and oxygen atoms in total. The molecule has 2 heterocycles.